The Morgan fingerprint density at radius 1 is 1.20 bits per heavy atom. The van der Waals surface area contributed by atoms with Gasteiger partial charge in [0, 0.05) is 12.6 Å². The molecule has 20 heavy (non-hydrogen) atoms. The summed E-state index contributed by atoms with van der Waals surface area (Å²) in [7, 11) is 0. The molecule has 3 heteroatoms. The second-order valence-corrected chi connectivity index (χ2v) is 6.17. The van der Waals surface area contributed by atoms with Crippen molar-refractivity contribution in [3.63, 3.8) is 0 Å². The number of nitrogens with zero attached hydrogens (tertiary/aromatic N) is 1. The fourth-order valence-electron chi connectivity index (χ4n) is 2.54. The second kappa shape index (κ2) is 8.40. The van der Waals surface area contributed by atoms with Crippen molar-refractivity contribution < 1.29 is 4.84 Å². The minimum atomic E-state index is 0.529. The molecule has 1 saturated heterocycles. The molecule has 0 unspecified atom stereocenters. The maximum absolute atomic E-state index is 5.53. The van der Waals surface area contributed by atoms with Crippen LogP contribution in [-0.4, -0.2) is 37.2 Å². The lowest BCUT2D eigenvalue weighted by atomic mass is 10.0. The molecular formula is C17H28N2O. The van der Waals surface area contributed by atoms with Gasteiger partial charge in [-0.1, -0.05) is 44.2 Å². The molecule has 1 aliphatic heterocycles. The van der Waals surface area contributed by atoms with Crippen molar-refractivity contribution in [3.8, 4) is 0 Å². The lowest BCUT2D eigenvalue weighted by molar-refractivity contribution is -0.0134. The molecular weight excluding hydrogens is 248 g/mol. The Kier molecular flexibility index (Phi) is 6.51. The number of hydroxylamine groups is 1. The van der Waals surface area contributed by atoms with Gasteiger partial charge in [-0.15, -0.1) is 0 Å². The van der Waals surface area contributed by atoms with Gasteiger partial charge < -0.3 is 9.74 Å². The molecule has 1 heterocycles. The Morgan fingerprint density at radius 3 is 2.55 bits per heavy atom. The van der Waals surface area contributed by atoms with Gasteiger partial charge in [0.25, 0.3) is 0 Å². The molecule has 1 aromatic carbocycles. The van der Waals surface area contributed by atoms with Gasteiger partial charge in [-0.25, -0.2) is 0 Å². The molecule has 1 aromatic rings. The average molecular weight is 276 g/mol. The first-order chi connectivity index (χ1) is 9.74. The molecule has 1 fully saturated rings. The van der Waals surface area contributed by atoms with Crippen LogP contribution < -0.4 is 5.48 Å². The molecule has 1 aliphatic rings. The van der Waals surface area contributed by atoms with E-state index in [4.69, 9.17) is 4.84 Å². The third-order valence-corrected chi connectivity index (χ3v) is 3.81. The van der Waals surface area contributed by atoms with Gasteiger partial charge in [0.05, 0.1) is 6.61 Å². The smallest absolute Gasteiger partial charge is 0.0705 e. The maximum Gasteiger partial charge on any atom is 0.0705 e. The standard InChI is InChI=1S/C17H28N2O/c1-15(2)14-20-18-17-9-12-19(13-10-17)11-8-16-6-4-3-5-7-16/h3-7,15,17-18H,8-14H2,1-2H3. The van der Waals surface area contributed by atoms with Gasteiger partial charge in [0.15, 0.2) is 0 Å². The van der Waals surface area contributed by atoms with Crippen molar-refractivity contribution in [3.05, 3.63) is 35.9 Å². The molecule has 0 aromatic heterocycles. The van der Waals surface area contributed by atoms with Crippen molar-refractivity contribution in [1.82, 2.24) is 10.4 Å². The highest BCUT2D eigenvalue weighted by Crippen LogP contribution is 2.11. The van der Waals surface area contributed by atoms with E-state index in [0.717, 1.165) is 13.0 Å². The van der Waals surface area contributed by atoms with Crippen LogP contribution >= 0.6 is 0 Å². The molecule has 0 bridgehead atoms. The number of hydrogen-bond acceptors (Lipinski definition) is 3. The summed E-state index contributed by atoms with van der Waals surface area (Å²) < 4.78 is 0. The SMILES string of the molecule is CC(C)CONC1CCN(CCc2ccccc2)CC1. The number of rotatable bonds is 7. The first-order valence-electron chi connectivity index (χ1n) is 7.87. The molecule has 0 radical (unpaired) electrons. The zero-order valence-corrected chi connectivity index (χ0v) is 12.8. The molecule has 0 atom stereocenters. The van der Waals surface area contributed by atoms with E-state index in [1.807, 2.05) is 0 Å². The van der Waals surface area contributed by atoms with E-state index >= 15 is 0 Å². The van der Waals surface area contributed by atoms with Crippen molar-refractivity contribution in [2.45, 2.75) is 39.2 Å². The molecule has 3 nitrogen and oxygen atoms in total. The zero-order chi connectivity index (χ0) is 14.2. The van der Waals surface area contributed by atoms with E-state index in [1.54, 1.807) is 0 Å². The summed E-state index contributed by atoms with van der Waals surface area (Å²) in [6, 6.07) is 11.3. The highest BCUT2D eigenvalue weighted by Gasteiger charge is 2.18. The van der Waals surface area contributed by atoms with Crippen LogP contribution in [0.2, 0.25) is 0 Å². The third-order valence-electron chi connectivity index (χ3n) is 3.81. The van der Waals surface area contributed by atoms with E-state index in [9.17, 15) is 0 Å². The van der Waals surface area contributed by atoms with Crippen LogP contribution in [0.1, 0.15) is 32.3 Å². The van der Waals surface area contributed by atoms with E-state index < -0.39 is 0 Å². The summed E-state index contributed by atoms with van der Waals surface area (Å²) in [5.41, 5.74) is 4.66. The Balaban J connectivity index is 1.59. The van der Waals surface area contributed by atoms with E-state index in [0.29, 0.717) is 12.0 Å². The largest absolute Gasteiger partial charge is 0.303 e. The first kappa shape index (κ1) is 15.5. The highest BCUT2D eigenvalue weighted by atomic mass is 16.6. The van der Waals surface area contributed by atoms with Crippen LogP contribution in [0.3, 0.4) is 0 Å². The Labute approximate surface area is 123 Å². The normalized spacial score (nSPS) is 17.8. The fourth-order valence-corrected chi connectivity index (χ4v) is 2.54. The van der Waals surface area contributed by atoms with Crippen molar-refractivity contribution in [1.29, 1.82) is 0 Å². The third kappa shape index (κ3) is 5.61. The summed E-state index contributed by atoms with van der Waals surface area (Å²) in [5.74, 6) is 0.591. The Morgan fingerprint density at radius 2 is 1.90 bits per heavy atom. The van der Waals surface area contributed by atoms with Gasteiger partial charge in [-0.05, 0) is 43.8 Å². The predicted octanol–water partition coefficient (Wildman–Crippen LogP) is 2.87. The van der Waals surface area contributed by atoms with E-state index in [1.165, 1.54) is 38.0 Å². The average Bonchev–Trinajstić information content (AvgIpc) is 2.47. The molecule has 0 amide bonds. The zero-order valence-electron chi connectivity index (χ0n) is 12.8. The predicted molar refractivity (Wildman–Crippen MR) is 83.5 cm³/mol. The number of hydrogen-bond donors (Lipinski definition) is 1. The van der Waals surface area contributed by atoms with Crippen molar-refractivity contribution in [2.75, 3.05) is 26.2 Å². The molecule has 0 saturated carbocycles. The maximum atomic E-state index is 5.53. The Bertz CT molecular complexity index is 359. The van der Waals surface area contributed by atoms with E-state index in [2.05, 4.69) is 54.6 Å². The first-order valence-corrected chi connectivity index (χ1v) is 7.87. The quantitative estimate of drug-likeness (QED) is 0.775. The molecule has 0 aliphatic carbocycles. The lowest BCUT2D eigenvalue weighted by Crippen LogP contribution is -2.43. The second-order valence-electron chi connectivity index (χ2n) is 6.17. The van der Waals surface area contributed by atoms with Crippen LogP contribution in [0.4, 0.5) is 0 Å². The van der Waals surface area contributed by atoms with Gasteiger partial charge in [0.1, 0.15) is 0 Å². The van der Waals surface area contributed by atoms with Crippen LogP contribution in [0.15, 0.2) is 30.3 Å². The molecule has 2 rings (SSSR count). The van der Waals surface area contributed by atoms with Gasteiger partial charge in [-0.2, -0.15) is 5.48 Å². The van der Waals surface area contributed by atoms with Crippen LogP contribution in [0.25, 0.3) is 0 Å². The summed E-state index contributed by atoms with van der Waals surface area (Å²) in [6.07, 6.45) is 3.53. The van der Waals surface area contributed by atoms with E-state index in [-0.39, 0.29) is 0 Å². The monoisotopic (exact) mass is 276 g/mol. The molecule has 0 spiro atoms. The van der Waals surface area contributed by atoms with Crippen LogP contribution in [0, 0.1) is 5.92 Å². The topological polar surface area (TPSA) is 24.5 Å². The minimum Gasteiger partial charge on any atom is -0.303 e. The van der Waals surface area contributed by atoms with Crippen LogP contribution in [-0.2, 0) is 11.3 Å². The fraction of sp³-hybridized carbons (Fsp3) is 0.647. The number of nitrogens with one attached hydrogen (secondary N) is 1. The van der Waals surface area contributed by atoms with Gasteiger partial charge in [0.2, 0.25) is 0 Å². The van der Waals surface area contributed by atoms with Crippen molar-refractivity contribution in [2.24, 2.45) is 5.92 Å². The minimum absolute atomic E-state index is 0.529. The highest BCUT2D eigenvalue weighted by molar-refractivity contribution is 5.14. The van der Waals surface area contributed by atoms with Crippen molar-refractivity contribution >= 4 is 0 Å². The number of piperidine rings is 1. The van der Waals surface area contributed by atoms with Crippen LogP contribution in [0.5, 0.6) is 0 Å². The van der Waals surface area contributed by atoms with Gasteiger partial charge >= 0.3 is 0 Å². The van der Waals surface area contributed by atoms with Gasteiger partial charge in [-0.3, -0.25) is 0 Å². The molecule has 112 valence electrons. The number of likely N-dealkylation sites (tertiary alicyclic amines) is 1. The summed E-state index contributed by atoms with van der Waals surface area (Å²) >= 11 is 0. The Hall–Kier alpha value is -0.900. The molecule has 1 N–H and O–H groups in total. The summed E-state index contributed by atoms with van der Waals surface area (Å²) in [6.45, 7) is 8.67. The summed E-state index contributed by atoms with van der Waals surface area (Å²) in [5, 5.41) is 0. The summed E-state index contributed by atoms with van der Waals surface area (Å²) in [4.78, 5) is 8.09. The lowest BCUT2D eigenvalue weighted by Gasteiger charge is -2.32. The number of benzene rings is 1.